The second-order valence-electron chi connectivity index (χ2n) is 4.69. The van der Waals surface area contributed by atoms with Gasteiger partial charge in [0.05, 0.1) is 19.8 Å². The van der Waals surface area contributed by atoms with Crippen molar-refractivity contribution in [1.82, 2.24) is 0 Å². The summed E-state index contributed by atoms with van der Waals surface area (Å²) in [4.78, 5) is 0. The number of methoxy groups -OCH3 is 2. The minimum atomic E-state index is -0.0259. The summed E-state index contributed by atoms with van der Waals surface area (Å²) in [6.07, 6.45) is 4.51. The lowest BCUT2D eigenvalue weighted by Gasteiger charge is -2.19. The maximum atomic E-state index is 6.28. The van der Waals surface area contributed by atoms with Gasteiger partial charge in [0.15, 0.2) is 0 Å². The van der Waals surface area contributed by atoms with Gasteiger partial charge in [-0.25, -0.2) is 0 Å². The average molecular weight is 251 g/mol. The molecule has 3 nitrogen and oxygen atoms in total. The monoisotopic (exact) mass is 251 g/mol. The Hall–Kier alpha value is -1.22. The van der Waals surface area contributed by atoms with Gasteiger partial charge in [0.1, 0.15) is 11.5 Å². The summed E-state index contributed by atoms with van der Waals surface area (Å²) in [7, 11) is 3.35. The molecule has 18 heavy (non-hydrogen) atoms. The number of benzene rings is 1. The van der Waals surface area contributed by atoms with Crippen LogP contribution in [0.1, 0.15) is 49.8 Å². The molecule has 0 heterocycles. The Bertz CT molecular complexity index is 352. The SMILES string of the molecule is CCCCC[C@@H](N)c1c(OC)cc(C)cc1OC. The zero-order valence-electron chi connectivity index (χ0n) is 12.0. The molecule has 1 atom stereocenters. The second kappa shape index (κ2) is 7.27. The Balaban J connectivity index is 2.96. The first-order valence-corrected chi connectivity index (χ1v) is 6.62. The lowest BCUT2D eigenvalue weighted by Crippen LogP contribution is -2.13. The van der Waals surface area contributed by atoms with Crippen LogP contribution in [0.5, 0.6) is 11.5 Å². The summed E-state index contributed by atoms with van der Waals surface area (Å²) >= 11 is 0. The summed E-state index contributed by atoms with van der Waals surface area (Å²) in [5, 5.41) is 0. The predicted octanol–water partition coefficient (Wildman–Crippen LogP) is 3.59. The van der Waals surface area contributed by atoms with Crippen LogP contribution in [0, 0.1) is 6.92 Å². The molecule has 0 saturated carbocycles. The maximum absolute atomic E-state index is 6.28. The van der Waals surface area contributed by atoms with Gasteiger partial charge in [-0.3, -0.25) is 0 Å². The van der Waals surface area contributed by atoms with Crippen molar-refractivity contribution < 1.29 is 9.47 Å². The van der Waals surface area contributed by atoms with Crippen molar-refractivity contribution in [3.8, 4) is 11.5 Å². The molecule has 0 radical (unpaired) electrons. The smallest absolute Gasteiger partial charge is 0.127 e. The van der Waals surface area contributed by atoms with E-state index in [1.54, 1.807) is 14.2 Å². The van der Waals surface area contributed by atoms with Crippen molar-refractivity contribution in [3.05, 3.63) is 23.3 Å². The molecule has 102 valence electrons. The van der Waals surface area contributed by atoms with Crippen molar-refractivity contribution >= 4 is 0 Å². The molecule has 2 N–H and O–H groups in total. The number of nitrogens with two attached hydrogens (primary N) is 1. The summed E-state index contributed by atoms with van der Waals surface area (Å²) in [6.45, 7) is 4.22. The van der Waals surface area contributed by atoms with Crippen LogP contribution in [0.15, 0.2) is 12.1 Å². The van der Waals surface area contributed by atoms with Gasteiger partial charge in [-0.15, -0.1) is 0 Å². The van der Waals surface area contributed by atoms with Gasteiger partial charge in [0.25, 0.3) is 0 Å². The van der Waals surface area contributed by atoms with Crippen LogP contribution in [0.25, 0.3) is 0 Å². The molecule has 1 rings (SSSR count). The van der Waals surface area contributed by atoms with Crippen molar-refractivity contribution in [1.29, 1.82) is 0 Å². The van der Waals surface area contributed by atoms with Gasteiger partial charge in [-0.2, -0.15) is 0 Å². The number of rotatable bonds is 7. The van der Waals surface area contributed by atoms with E-state index in [4.69, 9.17) is 15.2 Å². The largest absolute Gasteiger partial charge is 0.496 e. The Kier molecular flexibility index (Phi) is 5.99. The molecule has 0 aliphatic rings. The molecule has 1 aromatic carbocycles. The fraction of sp³-hybridized carbons (Fsp3) is 0.600. The molecule has 0 aliphatic carbocycles. The van der Waals surface area contributed by atoms with Gasteiger partial charge in [0.2, 0.25) is 0 Å². The van der Waals surface area contributed by atoms with Crippen molar-refractivity contribution in [2.75, 3.05) is 14.2 Å². The van der Waals surface area contributed by atoms with Crippen molar-refractivity contribution in [3.63, 3.8) is 0 Å². The summed E-state index contributed by atoms with van der Waals surface area (Å²) in [5.74, 6) is 1.66. The first kappa shape index (κ1) is 14.8. The Morgan fingerprint density at radius 3 is 2.11 bits per heavy atom. The van der Waals surface area contributed by atoms with E-state index in [0.717, 1.165) is 35.5 Å². The Labute approximate surface area is 110 Å². The topological polar surface area (TPSA) is 44.5 Å². The van der Waals surface area contributed by atoms with Gasteiger partial charge < -0.3 is 15.2 Å². The molecule has 0 amide bonds. The van der Waals surface area contributed by atoms with E-state index < -0.39 is 0 Å². The predicted molar refractivity (Wildman–Crippen MR) is 75.4 cm³/mol. The third-order valence-corrected chi connectivity index (χ3v) is 3.18. The fourth-order valence-electron chi connectivity index (χ4n) is 2.19. The molecular formula is C15H25NO2. The molecule has 0 aromatic heterocycles. The van der Waals surface area contributed by atoms with Crippen LogP contribution < -0.4 is 15.2 Å². The summed E-state index contributed by atoms with van der Waals surface area (Å²) < 4.78 is 10.9. The van der Waals surface area contributed by atoms with E-state index in [2.05, 4.69) is 6.92 Å². The highest BCUT2D eigenvalue weighted by Crippen LogP contribution is 2.36. The van der Waals surface area contributed by atoms with E-state index in [9.17, 15) is 0 Å². The highest BCUT2D eigenvalue weighted by atomic mass is 16.5. The zero-order chi connectivity index (χ0) is 13.5. The normalized spacial score (nSPS) is 12.3. The molecule has 0 saturated heterocycles. The molecule has 0 fully saturated rings. The van der Waals surface area contributed by atoms with Crippen LogP contribution in [-0.2, 0) is 0 Å². The lowest BCUT2D eigenvalue weighted by atomic mass is 9.98. The van der Waals surface area contributed by atoms with Crippen molar-refractivity contribution in [2.45, 2.75) is 45.6 Å². The quantitative estimate of drug-likeness (QED) is 0.753. The van der Waals surface area contributed by atoms with E-state index in [1.807, 2.05) is 19.1 Å². The minimum absolute atomic E-state index is 0.0259. The van der Waals surface area contributed by atoms with Gasteiger partial charge in [-0.05, 0) is 31.0 Å². The third-order valence-electron chi connectivity index (χ3n) is 3.18. The summed E-state index contributed by atoms with van der Waals surface area (Å²) in [6, 6.07) is 4.00. The molecule has 0 spiro atoms. The zero-order valence-corrected chi connectivity index (χ0v) is 12.0. The lowest BCUT2D eigenvalue weighted by molar-refractivity contribution is 0.375. The average Bonchev–Trinajstić information content (AvgIpc) is 2.37. The highest BCUT2D eigenvalue weighted by molar-refractivity contribution is 5.49. The number of unbranched alkanes of at least 4 members (excludes halogenated alkanes) is 2. The first-order valence-electron chi connectivity index (χ1n) is 6.62. The molecule has 0 bridgehead atoms. The number of hydrogen-bond donors (Lipinski definition) is 1. The van der Waals surface area contributed by atoms with Crippen LogP contribution in [0.3, 0.4) is 0 Å². The van der Waals surface area contributed by atoms with E-state index in [-0.39, 0.29) is 6.04 Å². The Morgan fingerprint density at radius 1 is 1.11 bits per heavy atom. The van der Waals surface area contributed by atoms with E-state index in [0.29, 0.717) is 0 Å². The van der Waals surface area contributed by atoms with Gasteiger partial charge in [-0.1, -0.05) is 26.2 Å². The van der Waals surface area contributed by atoms with E-state index >= 15 is 0 Å². The number of aryl methyl sites for hydroxylation is 1. The van der Waals surface area contributed by atoms with Gasteiger partial charge in [0, 0.05) is 6.04 Å². The van der Waals surface area contributed by atoms with Gasteiger partial charge >= 0.3 is 0 Å². The molecule has 0 aliphatic heterocycles. The molecular weight excluding hydrogens is 226 g/mol. The van der Waals surface area contributed by atoms with Crippen molar-refractivity contribution in [2.24, 2.45) is 5.73 Å². The van der Waals surface area contributed by atoms with Crippen LogP contribution >= 0.6 is 0 Å². The summed E-state index contributed by atoms with van der Waals surface area (Å²) in [5.41, 5.74) is 8.39. The Morgan fingerprint density at radius 2 is 1.67 bits per heavy atom. The van der Waals surface area contributed by atoms with Crippen LogP contribution in [0.4, 0.5) is 0 Å². The second-order valence-corrected chi connectivity index (χ2v) is 4.69. The molecule has 0 unspecified atom stereocenters. The number of ether oxygens (including phenoxy) is 2. The van der Waals surface area contributed by atoms with Crippen LogP contribution in [-0.4, -0.2) is 14.2 Å². The highest BCUT2D eigenvalue weighted by Gasteiger charge is 2.18. The molecule has 1 aromatic rings. The fourth-order valence-corrected chi connectivity index (χ4v) is 2.19. The van der Waals surface area contributed by atoms with E-state index in [1.165, 1.54) is 12.8 Å². The standard InChI is InChI=1S/C15H25NO2/c1-5-6-7-8-12(16)15-13(17-3)9-11(2)10-14(15)18-4/h9-10,12H,5-8,16H2,1-4H3/t12-/m1/s1. The minimum Gasteiger partial charge on any atom is -0.496 e. The third kappa shape index (κ3) is 3.64. The van der Waals surface area contributed by atoms with Crippen LogP contribution in [0.2, 0.25) is 0 Å². The number of hydrogen-bond acceptors (Lipinski definition) is 3. The molecule has 3 heteroatoms. The first-order chi connectivity index (χ1) is 8.63. The maximum Gasteiger partial charge on any atom is 0.127 e.